The fourth-order valence-corrected chi connectivity index (χ4v) is 1.49. The van der Waals surface area contributed by atoms with Gasteiger partial charge in [0.25, 0.3) is 0 Å². The van der Waals surface area contributed by atoms with Crippen molar-refractivity contribution < 1.29 is 14.4 Å². The summed E-state index contributed by atoms with van der Waals surface area (Å²) in [5.74, 6) is -0.854. The Bertz CT molecular complexity index is 300. The SMILES string of the molecule is NC(=O)[C@H](CCCCNC(=O)CS)NC(=O)CS. The zero-order chi connectivity index (χ0) is 14.0. The summed E-state index contributed by atoms with van der Waals surface area (Å²) in [6, 6.07) is -0.676. The maximum Gasteiger partial charge on any atom is 0.239 e. The number of amides is 3. The first-order valence-corrected chi connectivity index (χ1v) is 6.84. The molecular formula is C10H19N3O3S2. The zero-order valence-electron chi connectivity index (χ0n) is 10.0. The number of thiol groups is 2. The summed E-state index contributed by atoms with van der Waals surface area (Å²) >= 11 is 7.62. The second-order valence-electron chi connectivity index (χ2n) is 3.68. The van der Waals surface area contributed by atoms with Gasteiger partial charge in [0.15, 0.2) is 0 Å². The van der Waals surface area contributed by atoms with Crippen molar-refractivity contribution in [2.45, 2.75) is 25.3 Å². The minimum atomic E-state index is -0.676. The standard InChI is InChI=1S/C10H19N3O3S2/c11-10(16)7(13-9(15)6-18)3-1-2-4-12-8(14)5-17/h7,17-18H,1-6H2,(H2,11,16)(H,12,14)(H,13,15)/t7-/m0/s1. The molecule has 0 aromatic rings. The fourth-order valence-electron chi connectivity index (χ4n) is 1.28. The number of carbonyl (C=O) groups excluding carboxylic acids is 3. The average Bonchev–Trinajstić information content (AvgIpc) is 2.35. The van der Waals surface area contributed by atoms with Crippen LogP contribution in [0.15, 0.2) is 0 Å². The summed E-state index contributed by atoms with van der Waals surface area (Å²) in [5, 5.41) is 5.14. The Labute approximate surface area is 117 Å². The Morgan fingerprint density at radius 3 is 2.17 bits per heavy atom. The van der Waals surface area contributed by atoms with Gasteiger partial charge in [0.2, 0.25) is 17.7 Å². The molecule has 18 heavy (non-hydrogen) atoms. The Kier molecular flexibility index (Phi) is 9.57. The second kappa shape index (κ2) is 10.1. The largest absolute Gasteiger partial charge is 0.368 e. The quantitative estimate of drug-likeness (QED) is 0.281. The van der Waals surface area contributed by atoms with Crippen LogP contribution in [0.25, 0.3) is 0 Å². The molecule has 0 radical (unpaired) electrons. The summed E-state index contributed by atoms with van der Waals surface area (Å²) in [6.07, 6.45) is 1.83. The third-order valence-electron chi connectivity index (χ3n) is 2.21. The van der Waals surface area contributed by atoms with Crippen LogP contribution in [0.2, 0.25) is 0 Å². The molecule has 0 aromatic heterocycles. The molecule has 1 atom stereocenters. The lowest BCUT2D eigenvalue weighted by atomic mass is 10.1. The van der Waals surface area contributed by atoms with Crippen LogP contribution in [0.4, 0.5) is 0 Å². The maximum atomic E-state index is 11.1. The molecule has 0 aliphatic heterocycles. The normalized spacial score (nSPS) is 11.7. The first-order valence-electron chi connectivity index (χ1n) is 5.58. The van der Waals surface area contributed by atoms with Crippen molar-refractivity contribution in [2.75, 3.05) is 18.1 Å². The number of unbranched alkanes of at least 4 members (excludes halogenated alkanes) is 1. The number of primary amides is 1. The van der Waals surface area contributed by atoms with Gasteiger partial charge in [-0.15, -0.1) is 0 Å². The number of nitrogens with two attached hydrogens (primary N) is 1. The summed E-state index contributed by atoms with van der Waals surface area (Å²) < 4.78 is 0. The van der Waals surface area contributed by atoms with Gasteiger partial charge in [-0.2, -0.15) is 25.3 Å². The van der Waals surface area contributed by atoms with Gasteiger partial charge in [-0.05, 0) is 19.3 Å². The van der Waals surface area contributed by atoms with Crippen LogP contribution in [0.1, 0.15) is 19.3 Å². The smallest absolute Gasteiger partial charge is 0.239 e. The van der Waals surface area contributed by atoms with E-state index in [9.17, 15) is 14.4 Å². The van der Waals surface area contributed by atoms with E-state index in [2.05, 4.69) is 35.9 Å². The van der Waals surface area contributed by atoms with Crippen molar-refractivity contribution in [3.05, 3.63) is 0 Å². The summed E-state index contributed by atoms with van der Waals surface area (Å²) in [4.78, 5) is 33.0. The van der Waals surface area contributed by atoms with Crippen LogP contribution in [0, 0.1) is 0 Å². The molecule has 104 valence electrons. The van der Waals surface area contributed by atoms with Gasteiger partial charge in [0.05, 0.1) is 11.5 Å². The molecule has 0 rings (SSSR count). The third-order valence-corrected chi connectivity index (χ3v) is 2.78. The Balaban J connectivity index is 3.81. The highest BCUT2D eigenvalue weighted by Gasteiger charge is 2.16. The van der Waals surface area contributed by atoms with Gasteiger partial charge < -0.3 is 16.4 Å². The molecule has 0 saturated heterocycles. The first-order chi connectivity index (χ1) is 8.51. The van der Waals surface area contributed by atoms with Crippen LogP contribution in [0.5, 0.6) is 0 Å². The highest BCUT2D eigenvalue weighted by atomic mass is 32.1. The van der Waals surface area contributed by atoms with Crippen molar-refractivity contribution in [3.63, 3.8) is 0 Å². The number of rotatable bonds is 9. The molecule has 4 N–H and O–H groups in total. The van der Waals surface area contributed by atoms with Gasteiger partial charge in [-0.3, -0.25) is 14.4 Å². The Morgan fingerprint density at radius 2 is 1.67 bits per heavy atom. The molecule has 6 nitrogen and oxygen atoms in total. The fraction of sp³-hybridized carbons (Fsp3) is 0.700. The lowest BCUT2D eigenvalue weighted by molar-refractivity contribution is -0.126. The van der Waals surface area contributed by atoms with E-state index >= 15 is 0 Å². The number of carbonyl (C=O) groups is 3. The summed E-state index contributed by atoms with van der Waals surface area (Å²) in [6.45, 7) is 0.519. The summed E-state index contributed by atoms with van der Waals surface area (Å²) in [7, 11) is 0. The van der Waals surface area contributed by atoms with E-state index in [0.29, 0.717) is 25.8 Å². The van der Waals surface area contributed by atoms with E-state index in [0.717, 1.165) is 0 Å². The van der Waals surface area contributed by atoms with Crippen LogP contribution in [-0.4, -0.2) is 41.8 Å². The van der Waals surface area contributed by atoms with Gasteiger partial charge in [0, 0.05) is 6.54 Å². The minimum Gasteiger partial charge on any atom is -0.368 e. The van der Waals surface area contributed by atoms with E-state index in [1.54, 1.807) is 0 Å². The molecule has 0 aromatic carbocycles. The minimum absolute atomic E-state index is 0.0157. The topological polar surface area (TPSA) is 101 Å². The van der Waals surface area contributed by atoms with Gasteiger partial charge in [-0.25, -0.2) is 0 Å². The Hall–Kier alpha value is -0.890. The lowest BCUT2D eigenvalue weighted by Gasteiger charge is -2.14. The van der Waals surface area contributed by atoms with Crippen molar-refractivity contribution >= 4 is 43.0 Å². The third kappa shape index (κ3) is 8.24. The predicted molar refractivity (Wildman–Crippen MR) is 75.7 cm³/mol. The van der Waals surface area contributed by atoms with Crippen molar-refractivity contribution in [2.24, 2.45) is 5.73 Å². The molecule has 0 heterocycles. The predicted octanol–water partition coefficient (Wildman–Crippen LogP) is -0.897. The van der Waals surface area contributed by atoms with Crippen LogP contribution in [-0.2, 0) is 14.4 Å². The van der Waals surface area contributed by atoms with Gasteiger partial charge >= 0.3 is 0 Å². The molecule has 0 unspecified atom stereocenters. The molecule has 8 heteroatoms. The highest BCUT2D eigenvalue weighted by Crippen LogP contribution is 2.00. The molecule has 3 amide bonds. The van der Waals surface area contributed by atoms with Crippen LogP contribution < -0.4 is 16.4 Å². The van der Waals surface area contributed by atoms with Crippen molar-refractivity contribution in [1.29, 1.82) is 0 Å². The van der Waals surface area contributed by atoms with Crippen molar-refractivity contribution in [3.8, 4) is 0 Å². The first kappa shape index (κ1) is 17.1. The van der Waals surface area contributed by atoms with E-state index < -0.39 is 11.9 Å². The van der Waals surface area contributed by atoms with Gasteiger partial charge in [-0.1, -0.05) is 0 Å². The molecule has 0 aliphatic carbocycles. The number of hydrogen-bond donors (Lipinski definition) is 5. The van der Waals surface area contributed by atoms with Crippen LogP contribution >= 0.6 is 25.3 Å². The van der Waals surface area contributed by atoms with E-state index in [-0.39, 0.29) is 23.3 Å². The number of nitrogens with one attached hydrogen (secondary N) is 2. The maximum absolute atomic E-state index is 11.1. The zero-order valence-corrected chi connectivity index (χ0v) is 11.8. The molecule has 0 saturated carbocycles. The molecule has 0 aliphatic rings. The molecular weight excluding hydrogens is 274 g/mol. The lowest BCUT2D eigenvalue weighted by Crippen LogP contribution is -2.45. The monoisotopic (exact) mass is 293 g/mol. The molecule has 0 bridgehead atoms. The van der Waals surface area contributed by atoms with Crippen molar-refractivity contribution in [1.82, 2.24) is 10.6 Å². The van der Waals surface area contributed by atoms with Gasteiger partial charge in [0.1, 0.15) is 6.04 Å². The number of hydrogen-bond acceptors (Lipinski definition) is 5. The van der Waals surface area contributed by atoms with E-state index in [4.69, 9.17) is 5.73 Å². The molecule has 0 spiro atoms. The Morgan fingerprint density at radius 1 is 1.06 bits per heavy atom. The van der Waals surface area contributed by atoms with E-state index in [1.165, 1.54) is 0 Å². The molecule has 0 fully saturated rings. The highest BCUT2D eigenvalue weighted by molar-refractivity contribution is 7.81. The summed E-state index contributed by atoms with van der Waals surface area (Å²) in [5.41, 5.74) is 5.17. The van der Waals surface area contributed by atoms with Crippen LogP contribution in [0.3, 0.4) is 0 Å². The average molecular weight is 293 g/mol. The second-order valence-corrected chi connectivity index (χ2v) is 4.32. The van der Waals surface area contributed by atoms with E-state index in [1.807, 2.05) is 0 Å².